The van der Waals surface area contributed by atoms with Crippen molar-refractivity contribution >= 4 is 5.69 Å². The number of ether oxygens (including phenoxy) is 1. The lowest BCUT2D eigenvalue weighted by molar-refractivity contribution is -0.385. The lowest BCUT2D eigenvalue weighted by atomic mass is 9.98. The van der Waals surface area contributed by atoms with E-state index in [2.05, 4.69) is 4.90 Å². The van der Waals surface area contributed by atoms with Gasteiger partial charge in [-0.25, -0.2) is 0 Å². The minimum absolute atomic E-state index is 0.202. The average Bonchev–Trinajstić information content (AvgIpc) is 2.52. The van der Waals surface area contributed by atoms with Crippen LogP contribution in [0.1, 0.15) is 18.4 Å². The second-order valence-corrected chi connectivity index (χ2v) is 5.44. The van der Waals surface area contributed by atoms with Crippen LogP contribution in [0.3, 0.4) is 0 Å². The number of methoxy groups -OCH3 is 1. The molecule has 0 radical (unpaired) electrons. The van der Waals surface area contributed by atoms with E-state index in [4.69, 9.17) is 10.5 Å². The summed E-state index contributed by atoms with van der Waals surface area (Å²) in [6.07, 6.45) is 2.87. The van der Waals surface area contributed by atoms with Crippen LogP contribution < -0.4 is 5.73 Å². The number of rotatable bonds is 6. The molecule has 1 aliphatic rings. The summed E-state index contributed by atoms with van der Waals surface area (Å²) >= 11 is 0. The van der Waals surface area contributed by atoms with Gasteiger partial charge in [-0.2, -0.15) is 0 Å². The summed E-state index contributed by atoms with van der Waals surface area (Å²) in [7, 11) is 1.74. The van der Waals surface area contributed by atoms with Gasteiger partial charge in [-0.3, -0.25) is 15.0 Å². The monoisotopic (exact) mass is 293 g/mol. The molecule has 1 aromatic carbocycles. The summed E-state index contributed by atoms with van der Waals surface area (Å²) in [4.78, 5) is 13.0. The van der Waals surface area contributed by atoms with Gasteiger partial charge in [0.25, 0.3) is 5.69 Å². The van der Waals surface area contributed by atoms with Crippen molar-refractivity contribution in [3.63, 3.8) is 0 Å². The first-order chi connectivity index (χ1) is 10.2. The highest BCUT2D eigenvalue weighted by Gasteiger charge is 2.27. The van der Waals surface area contributed by atoms with Gasteiger partial charge in [0.05, 0.1) is 11.0 Å². The molecule has 0 aliphatic carbocycles. The Balaban J connectivity index is 1.98. The molecule has 2 unspecified atom stereocenters. The predicted octanol–water partition coefficient (Wildman–Crippen LogP) is 1.58. The highest BCUT2D eigenvalue weighted by atomic mass is 16.6. The number of nitrogens with zero attached hydrogens (tertiary/aromatic N) is 2. The van der Waals surface area contributed by atoms with E-state index in [0.717, 1.165) is 31.5 Å². The topological polar surface area (TPSA) is 81.6 Å². The molecule has 6 heteroatoms. The molecule has 2 N–H and O–H groups in total. The fourth-order valence-electron chi connectivity index (χ4n) is 2.98. The van der Waals surface area contributed by atoms with Gasteiger partial charge in [0.1, 0.15) is 0 Å². The van der Waals surface area contributed by atoms with E-state index in [0.29, 0.717) is 19.0 Å². The molecule has 0 amide bonds. The summed E-state index contributed by atoms with van der Waals surface area (Å²) in [5.41, 5.74) is 6.84. The number of nitro groups is 1. The van der Waals surface area contributed by atoms with Crippen LogP contribution in [0.2, 0.25) is 0 Å². The van der Waals surface area contributed by atoms with E-state index in [1.54, 1.807) is 19.2 Å². The Bertz CT molecular complexity index is 481. The maximum absolute atomic E-state index is 11.0. The van der Waals surface area contributed by atoms with Crippen LogP contribution in [0.15, 0.2) is 24.3 Å². The highest BCUT2D eigenvalue weighted by Crippen LogP contribution is 2.22. The third-order valence-corrected chi connectivity index (χ3v) is 4.25. The molecule has 1 heterocycles. The Kier molecular flexibility index (Phi) is 5.67. The Hall–Kier alpha value is -1.50. The van der Waals surface area contributed by atoms with Crippen molar-refractivity contribution < 1.29 is 9.66 Å². The molecule has 1 aromatic rings. The van der Waals surface area contributed by atoms with Crippen molar-refractivity contribution in [2.45, 2.75) is 31.4 Å². The Morgan fingerprint density at radius 2 is 2.24 bits per heavy atom. The second kappa shape index (κ2) is 7.49. The first kappa shape index (κ1) is 15.9. The van der Waals surface area contributed by atoms with E-state index in [9.17, 15) is 10.1 Å². The van der Waals surface area contributed by atoms with Crippen molar-refractivity contribution in [1.82, 2.24) is 4.90 Å². The summed E-state index contributed by atoms with van der Waals surface area (Å²) in [5.74, 6) is 0. The van der Waals surface area contributed by atoms with Crippen LogP contribution in [0.25, 0.3) is 0 Å². The molecule has 21 heavy (non-hydrogen) atoms. The lowest BCUT2D eigenvalue weighted by Crippen LogP contribution is -2.49. The highest BCUT2D eigenvalue weighted by molar-refractivity contribution is 5.39. The molecule has 1 saturated heterocycles. The summed E-state index contributed by atoms with van der Waals surface area (Å²) in [5, 5.41) is 11.0. The van der Waals surface area contributed by atoms with Gasteiger partial charge in [-0.05, 0) is 19.3 Å². The van der Waals surface area contributed by atoms with Gasteiger partial charge in [-0.15, -0.1) is 0 Å². The molecule has 1 fully saturated rings. The molecule has 0 saturated carbocycles. The van der Waals surface area contributed by atoms with Gasteiger partial charge in [0, 0.05) is 44.4 Å². The lowest BCUT2D eigenvalue weighted by Gasteiger charge is -2.38. The van der Waals surface area contributed by atoms with Gasteiger partial charge >= 0.3 is 0 Å². The zero-order valence-electron chi connectivity index (χ0n) is 12.4. The maximum atomic E-state index is 11.0. The van der Waals surface area contributed by atoms with Crippen LogP contribution in [-0.4, -0.2) is 48.7 Å². The number of para-hydroxylation sites is 1. The van der Waals surface area contributed by atoms with Crippen LogP contribution in [0.4, 0.5) is 5.69 Å². The van der Waals surface area contributed by atoms with Crippen LogP contribution in [-0.2, 0) is 11.2 Å². The van der Waals surface area contributed by atoms with E-state index in [1.165, 1.54) is 0 Å². The third kappa shape index (κ3) is 4.00. The van der Waals surface area contributed by atoms with E-state index in [1.807, 2.05) is 12.1 Å². The molecule has 116 valence electrons. The van der Waals surface area contributed by atoms with E-state index < -0.39 is 0 Å². The molecular weight excluding hydrogens is 270 g/mol. The maximum Gasteiger partial charge on any atom is 0.272 e. The summed E-state index contributed by atoms with van der Waals surface area (Å²) in [6.45, 7) is 2.32. The molecule has 0 spiro atoms. The minimum Gasteiger partial charge on any atom is -0.381 e. The first-order valence-electron chi connectivity index (χ1n) is 7.35. The number of likely N-dealkylation sites (tertiary alicyclic amines) is 1. The number of benzene rings is 1. The number of nitrogens with two attached hydrogens (primary N) is 1. The first-order valence-corrected chi connectivity index (χ1v) is 7.35. The molecule has 2 rings (SSSR count). The average molecular weight is 293 g/mol. The third-order valence-electron chi connectivity index (χ3n) is 4.25. The van der Waals surface area contributed by atoms with Crippen molar-refractivity contribution in [2.24, 2.45) is 5.73 Å². The van der Waals surface area contributed by atoms with Crippen LogP contribution >= 0.6 is 0 Å². The van der Waals surface area contributed by atoms with Gasteiger partial charge in [-0.1, -0.05) is 18.2 Å². The Morgan fingerprint density at radius 1 is 1.48 bits per heavy atom. The largest absolute Gasteiger partial charge is 0.381 e. The summed E-state index contributed by atoms with van der Waals surface area (Å²) in [6, 6.07) is 7.24. The fraction of sp³-hybridized carbons (Fsp3) is 0.600. The number of piperidine rings is 1. The number of hydrogen-bond acceptors (Lipinski definition) is 5. The van der Waals surface area contributed by atoms with Gasteiger partial charge in [0.2, 0.25) is 0 Å². The summed E-state index contributed by atoms with van der Waals surface area (Å²) < 4.78 is 5.41. The molecule has 0 bridgehead atoms. The standard InChI is InChI=1S/C15H23N3O3/c1-21-14-7-9-17(13(10-14)11-16)8-6-12-4-2-3-5-15(12)18(19)20/h2-5,13-14H,6-11,16H2,1H3. The van der Waals surface area contributed by atoms with Gasteiger partial charge in [0.15, 0.2) is 0 Å². The Morgan fingerprint density at radius 3 is 2.90 bits per heavy atom. The normalized spacial score (nSPS) is 23.1. The molecule has 0 aromatic heterocycles. The molecule has 2 atom stereocenters. The van der Waals surface area contributed by atoms with Crippen LogP contribution in [0.5, 0.6) is 0 Å². The van der Waals surface area contributed by atoms with Crippen molar-refractivity contribution in [3.8, 4) is 0 Å². The Labute approximate surface area is 125 Å². The number of hydrogen-bond donors (Lipinski definition) is 1. The second-order valence-electron chi connectivity index (χ2n) is 5.44. The van der Waals surface area contributed by atoms with Crippen molar-refractivity contribution in [3.05, 3.63) is 39.9 Å². The smallest absolute Gasteiger partial charge is 0.272 e. The zero-order chi connectivity index (χ0) is 15.2. The van der Waals surface area contributed by atoms with Gasteiger partial charge < -0.3 is 10.5 Å². The number of nitro benzene ring substituents is 1. The van der Waals surface area contributed by atoms with E-state index >= 15 is 0 Å². The van der Waals surface area contributed by atoms with Crippen molar-refractivity contribution in [1.29, 1.82) is 0 Å². The van der Waals surface area contributed by atoms with Crippen LogP contribution in [0, 0.1) is 10.1 Å². The van der Waals surface area contributed by atoms with Crippen molar-refractivity contribution in [2.75, 3.05) is 26.7 Å². The molecule has 6 nitrogen and oxygen atoms in total. The predicted molar refractivity (Wildman–Crippen MR) is 81.2 cm³/mol. The molecular formula is C15H23N3O3. The van der Waals surface area contributed by atoms with E-state index in [-0.39, 0.29) is 16.7 Å². The fourth-order valence-corrected chi connectivity index (χ4v) is 2.98. The SMILES string of the molecule is COC1CCN(CCc2ccccc2[N+](=O)[O-])C(CN)C1. The molecule has 1 aliphatic heterocycles. The quantitative estimate of drug-likeness (QED) is 0.636. The minimum atomic E-state index is -0.313. The zero-order valence-corrected chi connectivity index (χ0v) is 12.4.